The number of likely N-dealkylation sites (tertiary alicyclic amines) is 1. The van der Waals surface area contributed by atoms with Crippen molar-refractivity contribution in [3.63, 3.8) is 0 Å². The van der Waals surface area contributed by atoms with Gasteiger partial charge in [-0.05, 0) is 45.8 Å². The SMILES string of the molecule is CCCNC(C)(C#N)CN1CCC(C(N)=O)CC1. The Morgan fingerprint density at radius 2 is 2.17 bits per heavy atom. The number of nitrogens with two attached hydrogens (primary N) is 1. The first-order chi connectivity index (χ1) is 8.50. The van der Waals surface area contributed by atoms with Crippen LogP contribution in [0.4, 0.5) is 0 Å². The highest BCUT2D eigenvalue weighted by Gasteiger charge is 2.29. The van der Waals surface area contributed by atoms with Crippen LogP contribution in [0.1, 0.15) is 33.1 Å². The van der Waals surface area contributed by atoms with Crippen LogP contribution in [0.2, 0.25) is 0 Å². The number of hydrogen-bond donors (Lipinski definition) is 2. The Kier molecular flexibility index (Phi) is 5.57. The number of nitrogens with one attached hydrogen (secondary N) is 1. The molecule has 1 aliphatic rings. The maximum atomic E-state index is 11.1. The average Bonchev–Trinajstić information content (AvgIpc) is 2.37. The van der Waals surface area contributed by atoms with Crippen LogP contribution in [0.25, 0.3) is 0 Å². The van der Waals surface area contributed by atoms with E-state index in [9.17, 15) is 10.1 Å². The zero-order chi connectivity index (χ0) is 13.6. The van der Waals surface area contributed by atoms with Gasteiger partial charge in [0.05, 0.1) is 6.07 Å². The Balaban J connectivity index is 2.43. The summed E-state index contributed by atoms with van der Waals surface area (Å²) >= 11 is 0. The molecule has 1 amide bonds. The first kappa shape index (κ1) is 14.9. The van der Waals surface area contributed by atoms with Crippen molar-refractivity contribution in [1.29, 1.82) is 5.26 Å². The van der Waals surface area contributed by atoms with Gasteiger partial charge in [0.1, 0.15) is 5.54 Å². The summed E-state index contributed by atoms with van der Waals surface area (Å²) in [7, 11) is 0. The van der Waals surface area contributed by atoms with E-state index in [4.69, 9.17) is 5.73 Å². The molecule has 1 aliphatic heterocycles. The lowest BCUT2D eigenvalue weighted by Crippen LogP contribution is -2.52. The van der Waals surface area contributed by atoms with Gasteiger partial charge in [0, 0.05) is 12.5 Å². The van der Waals surface area contributed by atoms with Gasteiger partial charge in [0.15, 0.2) is 0 Å². The van der Waals surface area contributed by atoms with Crippen LogP contribution < -0.4 is 11.1 Å². The van der Waals surface area contributed by atoms with Gasteiger partial charge >= 0.3 is 0 Å². The second-order valence-electron chi connectivity index (χ2n) is 5.32. The van der Waals surface area contributed by atoms with Crippen molar-refractivity contribution in [2.24, 2.45) is 11.7 Å². The van der Waals surface area contributed by atoms with Crippen LogP contribution in [0.3, 0.4) is 0 Å². The summed E-state index contributed by atoms with van der Waals surface area (Å²) in [6.07, 6.45) is 2.64. The zero-order valence-corrected chi connectivity index (χ0v) is 11.4. The monoisotopic (exact) mass is 252 g/mol. The number of rotatable bonds is 6. The van der Waals surface area contributed by atoms with Gasteiger partial charge in [0.2, 0.25) is 5.91 Å². The highest BCUT2D eigenvalue weighted by atomic mass is 16.1. The fourth-order valence-corrected chi connectivity index (χ4v) is 2.35. The largest absolute Gasteiger partial charge is 0.369 e. The lowest BCUT2D eigenvalue weighted by atomic mass is 9.94. The number of amides is 1. The van der Waals surface area contributed by atoms with E-state index in [1.807, 2.05) is 6.92 Å². The number of primary amides is 1. The molecule has 1 unspecified atom stereocenters. The molecule has 5 heteroatoms. The Labute approximate surface area is 109 Å². The molecule has 1 fully saturated rings. The lowest BCUT2D eigenvalue weighted by molar-refractivity contribution is -0.123. The first-order valence-corrected chi connectivity index (χ1v) is 6.68. The van der Waals surface area contributed by atoms with Crippen molar-refractivity contribution in [1.82, 2.24) is 10.2 Å². The number of carbonyl (C=O) groups is 1. The fourth-order valence-electron chi connectivity index (χ4n) is 2.35. The van der Waals surface area contributed by atoms with Gasteiger partial charge in [0.25, 0.3) is 0 Å². The van der Waals surface area contributed by atoms with E-state index in [0.29, 0.717) is 6.54 Å². The van der Waals surface area contributed by atoms with E-state index in [0.717, 1.165) is 38.9 Å². The molecule has 1 atom stereocenters. The normalized spacial score (nSPS) is 21.2. The van der Waals surface area contributed by atoms with Crippen molar-refractivity contribution in [3.8, 4) is 6.07 Å². The van der Waals surface area contributed by atoms with Crippen LogP contribution in [0, 0.1) is 17.2 Å². The van der Waals surface area contributed by atoms with Gasteiger partial charge in [-0.1, -0.05) is 6.92 Å². The molecular weight excluding hydrogens is 228 g/mol. The third-order valence-corrected chi connectivity index (χ3v) is 3.54. The molecule has 0 saturated carbocycles. The summed E-state index contributed by atoms with van der Waals surface area (Å²) in [5.74, 6) is -0.181. The molecule has 0 aromatic rings. The Morgan fingerprint density at radius 1 is 1.56 bits per heavy atom. The third kappa shape index (κ3) is 4.28. The summed E-state index contributed by atoms with van der Waals surface area (Å²) in [6.45, 7) is 7.26. The molecule has 0 radical (unpaired) electrons. The number of hydrogen-bond acceptors (Lipinski definition) is 4. The molecule has 3 N–H and O–H groups in total. The zero-order valence-electron chi connectivity index (χ0n) is 11.4. The molecular formula is C13H24N4O. The van der Waals surface area contributed by atoms with Crippen LogP contribution in [-0.2, 0) is 4.79 Å². The minimum absolute atomic E-state index is 0.0122. The second-order valence-corrected chi connectivity index (χ2v) is 5.32. The fraction of sp³-hybridized carbons (Fsp3) is 0.846. The predicted molar refractivity (Wildman–Crippen MR) is 70.7 cm³/mol. The van der Waals surface area contributed by atoms with E-state index < -0.39 is 5.54 Å². The summed E-state index contributed by atoms with van der Waals surface area (Å²) in [5.41, 5.74) is 4.81. The molecule has 1 rings (SSSR count). The molecule has 1 saturated heterocycles. The van der Waals surface area contributed by atoms with Gasteiger partial charge < -0.3 is 10.6 Å². The highest BCUT2D eigenvalue weighted by Crippen LogP contribution is 2.18. The topological polar surface area (TPSA) is 82.2 Å². The van der Waals surface area contributed by atoms with Crippen LogP contribution in [0.15, 0.2) is 0 Å². The molecule has 0 bridgehead atoms. The molecule has 102 valence electrons. The number of piperidine rings is 1. The van der Waals surface area contributed by atoms with Crippen LogP contribution in [0.5, 0.6) is 0 Å². The van der Waals surface area contributed by atoms with Crippen molar-refractivity contribution < 1.29 is 4.79 Å². The number of nitrogens with zero attached hydrogens (tertiary/aromatic N) is 2. The quantitative estimate of drug-likeness (QED) is 0.719. The van der Waals surface area contributed by atoms with Crippen molar-refractivity contribution in [3.05, 3.63) is 0 Å². The third-order valence-electron chi connectivity index (χ3n) is 3.54. The molecule has 0 aliphatic carbocycles. The lowest BCUT2D eigenvalue weighted by Gasteiger charge is -2.35. The van der Waals surface area contributed by atoms with E-state index in [-0.39, 0.29) is 11.8 Å². The predicted octanol–water partition coefficient (Wildman–Crippen LogP) is 0.466. The maximum Gasteiger partial charge on any atom is 0.220 e. The molecule has 18 heavy (non-hydrogen) atoms. The van der Waals surface area contributed by atoms with E-state index >= 15 is 0 Å². The van der Waals surface area contributed by atoms with E-state index in [2.05, 4.69) is 23.2 Å². The van der Waals surface area contributed by atoms with E-state index in [1.54, 1.807) is 0 Å². The standard InChI is InChI=1S/C13H24N4O/c1-3-6-16-13(2,9-14)10-17-7-4-11(5-8-17)12(15)18/h11,16H,3-8,10H2,1-2H3,(H2,15,18). The molecule has 1 heterocycles. The van der Waals surface area contributed by atoms with Gasteiger partial charge in [-0.15, -0.1) is 0 Å². The summed E-state index contributed by atoms with van der Waals surface area (Å²) in [4.78, 5) is 13.3. The number of nitriles is 1. The van der Waals surface area contributed by atoms with Crippen molar-refractivity contribution >= 4 is 5.91 Å². The molecule has 0 aromatic heterocycles. The van der Waals surface area contributed by atoms with E-state index in [1.165, 1.54) is 0 Å². The molecule has 0 aromatic carbocycles. The first-order valence-electron chi connectivity index (χ1n) is 6.68. The van der Waals surface area contributed by atoms with Gasteiger partial charge in [-0.25, -0.2) is 0 Å². The second kappa shape index (κ2) is 6.72. The number of carbonyl (C=O) groups excluding carboxylic acids is 1. The molecule has 5 nitrogen and oxygen atoms in total. The maximum absolute atomic E-state index is 11.1. The Hall–Kier alpha value is -1.12. The van der Waals surface area contributed by atoms with Crippen LogP contribution >= 0.6 is 0 Å². The van der Waals surface area contributed by atoms with Crippen molar-refractivity contribution in [2.45, 2.75) is 38.6 Å². The Morgan fingerprint density at radius 3 is 2.61 bits per heavy atom. The summed E-state index contributed by atoms with van der Waals surface area (Å²) in [5, 5.41) is 12.6. The smallest absolute Gasteiger partial charge is 0.220 e. The Bertz CT molecular complexity index is 317. The minimum atomic E-state index is -0.504. The van der Waals surface area contributed by atoms with Gasteiger partial charge in [-0.3, -0.25) is 10.1 Å². The van der Waals surface area contributed by atoms with Gasteiger partial charge in [-0.2, -0.15) is 5.26 Å². The van der Waals surface area contributed by atoms with Crippen molar-refractivity contribution in [2.75, 3.05) is 26.2 Å². The average molecular weight is 252 g/mol. The minimum Gasteiger partial charge on any atom is -0.369 e. The summed E-state index contributed by atoms with van der Waals surface area (Å²) in [6, 6.07) is 2.35. The molecule has 0 spiro atoms. The van der Waals surface area contributed by atoms with Crippen LogP contribution in [-0.4, -0.2) is 42.5 Å². The highest BCUT2D eigenvalue weighted by molar-refractivity contribution is 5.76. The summed E-state index contributed by atoms with van der Waals surface area (Å²) < 4.78 is 0.